The lowest BCUT2D eigenvalue weighted by Gasteiger charge is -2.35. The summed E-state index contributed by atoms with van der Waals surface area (Å²) >= 11 is 3.55. The Morgan fingerprint density at radius 1 is 1.13 bits per heavy atom. The van der Waals surface area contributed by atoms with Crippen molar-refractivity contribution >= 4 is 15.9 Å². The van der Waals surface area contributed by atoms with Gasteiger partial charge in [-0.15, -0.1) is 0 Å². The number of hydrogen-bond donors (Lipinski definition) is 0. The zero-order chi connectivity index (χ0) is 17.0. The number of hydrogen-bond acceptors (Lipinski definition) is 3. The molecule has 0 unspecified atom stereocenters. The van der Waals surface area contributed by atoms with Gasteiger partial charge in [-0.1, -0.05) is 22.0 Å². The molecule has 0 radical (unpaired) electrons. The highest BCUT2D eigenvalue weighted by Crippen LogP contribution is 2.29. The van der Waals surface area contributed by atoms with Gasteiger partial charge in [0.25, 0.3) is 0 Å². The second-order valence-electron chi connectivity index (χ2n) is 6.05. The van der Waals surface area contributed by atoms with Crippen LogP contribution in [-0.4, -0.2) is 54.8 Å². The molecule has 130 valence electrons. The van der Waals surface area contributed by atoms with Crippen molar-refractivity contribution in [3.8, 4) is 5.75 Å². The molecular formula is C16H22BrF3N2O. The molecule has 0 N–H and O–H groups in total. The fraction of sp³-hybridized carbons (Fsp3) is 0.625. The largest absolute Gasteiger partial charge is 0.491 e. The summed E-state index contributed by atoms with van der Waals surface area (Å²) < 4.78 is 44.1. The summed E-state index contributed by atoms with van der Waals surface area (Å²) in [6, 6.07) is 5.81. The molecule has 7 heteroatoms. The van der Waals surface area contributed by atoms with E-state index in [9.17, 15) is 13.2 Å². The van der Waals surface area contributed by atoms with Crippen LogP contribution in [0.1, 0.15) is 19.4 Å². The Bertz CT molecular complexity index is 515. The lowest BCUT2D eigenvalue weighted by molar-refractivity contribution is -0.149. The minimum absolute atomic E-state index is 0.0756. The predicted octanol–water partition coefficient (Wildman–Crippen LogP) is 3.92. The van der Waals surface area contributed by atoms with Gasteiger partial charge in [-0.3, -0.25) is 9.80 Å². The molecule has 23 heavy (non-hydrogen) atoms. The Hall–Kier alpha value is -0.790. The fourth-order valence-corrected chi connectivity index (χ4v) is 3.11. The van der Waals surface area contributed by atoms with Crippen molar-refractivity contribution in [3.05, 3.63) is 28.2 Å². The number of halogens is 4. The topological polar surface area (TPSA) is 15.7 Å². The zero-order valence-corrected chi connectivity index (χ0v) is 15.0. The monoisotopic (exact) mass is 394 g/mol. The standard InChI is InChI=1S/C16H22BrF3N2O/c1-12(2)23-15-5-3-4-14(17)13(15)10-21-6-8-22(9-7-21)11-16(18,19)20/h3-5,12H,6-11H2,1-2H3. The van der Waals surface area contributed by atoms with E-state index < -0.39 is 12.7 Å². The molecule has 1 aromatic carbocycles. The smallest absolute Gasteiger partial charge is 0.401 e. The third-order valence-corrected chi connectivity index (χ3v) is 4.43. The van der Waals surface area contributed by atoms with Crippen LogP contribution >= 0.6 is 15.9 Å². The van der Waals surface area contributed by atoms with Crippen LogP contribution in [0.4, 0.5) is 13.2 Å². The molecule has 1 aliphatic rings. The maximum absolute atomic E-state index is 12.4. The van der Waals surface area contributed by atoms with Gasteiger partial charge in [0.1, 0.15) is 5.75 Å². The number of ether oxygens (including phenoxy) is 1. The second kappa shape index (κ2) is 7.85. The van der Waals surface area contributed by atoms with E-state index in [4.69, 9.17) is 4.74 Å². The predicted molar refractivity (Wildman–Crippen MR) is 87.7 cm³/mol. The summed E-state index contributed by atoms with van der Waals surface area (Å²) in [5, 5.41) is 0. The van der Waals surface area contributed by atoms with Gasteiger partial charge in [-0.25, -0.2) is 0 Å². The third-order valence-electron chi connectivity index (χ3n) is 3.69. The minimum Gasteiger partial charge on any atom is -0.491 e. The highest BCUT2D eigenvalue weighted by molar-refractivity contribution is 9.10. The molecule has 0 aliphatic carbocycles. The van der Waals surface area contributed by atoms with Gasteiger partial charge >= 0.3 is 6.18 Å². The lowest BCUT2D eigenvalue weighted by atomic mass is 10.1. The third kappa shape index (κ3) is 5.97. The van der Waals surface area contributed by atoms with Gasteiger partial charge in [0, 0.05) is 42.8 Å². The van der Waals surface area contributed by atoms with Crippen LogP contribution in [0.2, 0.25) is 0 Å². The number of benzene rings is 1. The SMILES string of the molecule is CC(C)Oc1cccc(Br)c1CN1CCN(CC(F)(F)F)CC1. The van der Waals surface area contributed by atoms with Crippen LogP contribution in [0, 0.1) is 0 Å². The van der Waals surface area contributed by atoms with Crippen LogP contribution in [0.15, 0.2) is 22.7 Å². The summed E-state index contributed by atoms with van der Waals surface area (Å²) in [4.78, 5) is 3.63. The van der Waals surface area contributed by atoms with Gasteiger partial charge in [-0.05, 0) is 26.0 Å². The van der Waals surface area contributed by atoms with E-state index in [1.807, 2.05) is 32.0 Å². The van der Waals surface area contributed by atoms with E-state index in [1.54, 1.807) is 0 Å². The van der Waals surface area contributed by atoms with Gasteiger partial charge in [0.05, 0.1) is 12.6 Å². The second-order valence-corrected chi connectivity index (χ2v) is 6.90. The van der Waals surface area contributed by atoms with Crippen molar-refractivity contribution in [2.45, 2.75) is 32.7 Å². The Morgan fingerprint density at radius 3 is 2.30 bits per heavy atom. The number of rotatable bonds is 5. The Balaban J connectivity index is 1.96. The first kappa shape index (κ1) is 18.5. The van der Waals surface area contributed by atoms with Gasteiger partial charge in [0.2, 0.25) is 0 Å². The molecule has 0 spiro atoms. The van der Waals surface area contributed by atoms with E-state index in [-0.39, 0.29) is 6.10 Å². The Kier molecular flexibility index (Phi) is 6.33. The number of piperazine rings is 1. The van der Waals surface area contributed by atoms with E-state index in [2.05, 4.69) is 20.8 Å². The van der Waals surface area contributed by atoms with Crippen molar-refractivity contribution in [2.75, 3.05) is 32.7 Å². The molecule has 0 amide bonds. The molecule has 0 bridgehead atoms. The molecule has 0 atom stereocenters. The van der Waals surface area contributed by atoms with Gasteiger partial charge in [-0.2, -0.15) is 13.2 Å². The first-order valence-corrected chi connectivity index (χ1v) is 8.49. The fourth-order valence-electron chi connectivity index (χ4n) is 2.64. The lowest BCUT2D eigenvalue weighted by Crippen LogP contribution is -2.48. The van der Waals surface area contributed by atoms with Crippen LogP contribution in [0.25, 0.3) is 0 Å². The normalized spacial score (nSPS) is 17.7. The average Bonchev–Trinajstić information content (AvgIpc) is 2.42. The molecule has 1 aromatic rings. The van der Waals surface area contributed by atoms with Gasteiger partial charge < -0.3 is 4.74 Å². The number of nitrogens with zero attached hydrogens (tertiary/aromatic N) is 2. The molecular weight excluding hydrogens is 373 g/mol. The summed E-state index contributed by atoms with van der Waals surface area (Å²) in [6.07, 6.45) is -4.05. The summed E-state index contributed by atoms with van der Waals surface area (Å²) in [7, 11) is 0. The van der Waals surface area contributed by atoms with Gasteiger partial charge in [0.15, 0.2) is 0 Å². The van der Waals surface area contributed by atoms with Crippen LogP contribution in [-0.2, 0) is 6.54 Å². The molecule has 3 nitrogen and oxygen atoms in total. The highest BCUT2D eigenvalue weighted by Gasteiger charge is 2.32. The van der Waals surface area contributed by atoms with E-state index in [0.717, 1.165) is 15.8 Å². The van der Waals surface area contributed by atoms with Crippen LogP contribution < -0.4 is 4.74 Å². The maximum Gasteiger partial charge on any atom is 0.401 e. The first-order valence-electron chi connectivity index (χ1n) is 7.70. The van der Waals surface area contributed by atoms with Crippen molar-refractivity contribution in [1.29, 1.82) is 0 Å². The van der Waals surface area contributed by atoms with E-state index in [0.29, 0.717) is 32.7 Å². The quantitative estimate of drug-likeness (QED) is 0.752. The molecule has 1 saturated heterocycles. The van der Waals surface area contributed by atoms with E-state index >= 15 is 0 Å². The molecule has 1 heterocycles. The summed E-state index contributed by atoms with van der Waals surface area (Å²) in [6.45, 7) is 5.91. The minimum atomic E-state index is -4.12. The summed E-state index contributed by atoms with van der Waals surface area (Å²) in [5.74, 6) is 0.826. The molecule has 0 aromatic heterocycles. The number of alkyl halides is 3. The molecule has 1 aliphatic heterocycles. The van der Waals surface area contributed by atoms with Crippen LogP contribution in [0.3, 0.4) is 0 Å². The Morgan fingerprint density at radius 2 is 1.74 bits per heavy atom. The zero-order valence-electron chi connectivity index (χ0n) is 13.4. The maximum atomic E-state index is 12.4. The Labute approximate surface area is 143 Å². The average molecular weight is 395 g/mol. The summed E-state index contributed by atoms with van der Waals surface area (Å²) in [5.41, 5.74) is 1.05. The van der Waals surface area contributed by atoms with Crippen molar-refractivity contribution < 1.29 is 17.9 Å². The van der Waals surface area contributed by atoms with Crippen molar-refractivity contribution in [1.82, 2.24) is 9.80 Å². The van der Waals surface area contributed by atoms with Crippen molar-refractivity contribution in [3.63, 3.8) is 0 Å². The molecule has 0 saturated carbocycles. The highest BCUT2D eigenvalue weighted by atomic mass is 79.9. The molecule has 2 rings (SSSR count). The first-order chi connectivity index (χ1) is 10.7. The molecule has 1 fully saturated rings. The van der Waals surface area contributed by atoms with Crippen LogP contribution in [0.5, 0.6) is 5.75 Å². The van der Waals surface area contributed by atoms with E-state index in [1.165, 1.54) is 4.90 Å². The van der Waals surface area contributed by atoms with Crippen molar-refractivity contribution in [2.24, 2.45) is 0 Å².